The predicted octanol–water partition coefficient (Wildman–Crippen LogP) is 2.12. The summed E-state index contributed by atoms with van der Waals surface area (Å²) in [6.45, 7) is 2.22. The van der Waals surface area contributed by atoms with E-state index in [4.69, 9.17) is 14.2 Å². The van der Waals surface area contributed by atoms with E-state index in [-0.39, 0.29) is 23.3 Å². The first-order valence-electron chi connectivity index (χ1n) is 9.16. The van der Waals surface area contributed by atoms with E-state index in [1.54, 1.807) is 6.07 Å². The Morgan fingerprint density at radius 2 is 1.90 bits per heavy atom. The van der Waals surface area contributed by atoms with Gasteiger partial charge in [-0.3, -0.25) is 0 Å². The van der Waals surface area contributed by atoms with Gasteiger partial charge in [-0.2, -0.15) is 0 Å². The molecular formula is C20H25FN2O5S. The highest BCUT2D eigenvalue weighted by atomic mass is 32.2. The van der Waals surface area contributed by atoms with E-state index in [1.165, 1.54) is 44.6 Å². The molecule has 1 saturated heterocycles. The van der Waals surface area contributed by atoms with Gasteiger partial charge in [-0.15, -0.1) is 0 Å². The average Bonchev–Trinajstić information content (AvgIpc) is 2.72. The Morgan fingerprint density at radius 1 is 1.14 bits per heavy atom. The zero-order valence-corrected chi connectivity index (χ0v) is 17.5. The van der Waals surface area contributed by atoms with Crippen LogP contribution < -0.4 is 14.2 Å². The monoisotopic (exact) mass is 424 g/mol. The van der Waals surface area contributed by atoms with Crippen LogP contribution in [0.1, 0.15) is 0 Å². The number of nitrogens with one attached hydrogen (secondary N) is 1. The minimum Gasteiger partial charge on any atom is -0.496 e. The molecule has 2 aromatic rings. The van der Waals surface area contributed by atoms with Crippen LogP contribution in [-0.4, -0.2) is 66.9 Å². The third-order valence-electron chi connectivity index (χ3n) is 4.78. The van der Waals surface area contributed by atoms with Crippen LogP contribution in [0.15, 0.2) is 41.3 Å². The van der Waals surface area contributed by atoms with E-state index in [1.807, 2.05) is 7.05 Å². The van der Waals surface area contributed by atoms with Crippen molar-refractivity contribution in [2.75, 3.05) is 47.5 Å². The van der Waals surface area contributed by atoms with Crippen LogP contribution in [0.3, 0.4) is 0 Å². The number of nitrogens with zero attached hydrogens (tertiary/aromatic N) is 1. The van der Waals surface area contributed by atoms with Crippen LogP contribution in [0.25, 0.3) is 11.1 Å². The van der Waals surface area contributed by atoms with Gasteiger partial charge < -0.3 is 19.1 Å². The quantitative estimate of drug-likeness (QED) is 0.734. The fourth-order valence-electron chi connectivity index (χ4n) is 3.23. The van der Waals surface area contributed by atoms with Gasteiger partial charge in [0.25, 0.3) is 0 Å². The normalized spacial score (nSPS) is 17.9. The lowest BCUT2D eigenvalue weighted by Crippen LogP contribution is -2.45. The first kappa shape index (κ1) is 21.5. The van der Waals surface area contributed by atoms with Gasteiger partial charge in [0.15, 0.2) is 0 Å². The SMILES string of the molecule is COc1cc(F)ccc1-c1cc(S(=O)(=O)NCC2CN(C)CCO2)ccc1OC. The number of benzene rings is 2. The third kappa shape index (κ3) is 5.05. The summed E-state index contributed by atoms with van der Waals surface area (Å²) in [6.07, 6.45) is -0.210. The minimum absolute atomic E-state index is 0.0730. The van der Waals surface area contributed by atoms with Crippen molar-refractivity contribution in [3.63, 3.8) is 0 Å². The number of hydrogen-bond acceptors (Lipinski definition) is 6. The van der Waals surface area contributed by atoms with Crippen molar-refractivity contribution in [3.05, 3.63) is 42.2 Å². The number of likely N-dealkylation sites (N-methyl/N-ethyl adjacent to an activating group) is 1. The maximum absolute atomic E-state index is 13.6. The maximum Gasteiger partial charge on any atom is 0.240 e. The molecule has 1 heterocycles. The highest BCUT2D eigenvalue weighted by Crippen LogP contribution is 2.38. The molecule has 0 bridgehead atoms. The molecule has 1 atom stereocenters. The summed E-state index contributed by atoms with van der Waals surface area (Å²) in [6, 6.07) is 8.58. The Hall–Kier alpha value is -2.20. The van der Waals surface area contributed by atoms with Crippen molar-refractivity contribution in [1.82, 2.24) is 9.62 Å². The van der Waals surface area contributed by atoms with E-state index in [9.17, 15) is 12.8 Å². The summed E-state index contributed by atoms with van der Waals surface area (Å²) in [4.78, 5) is 2.17. The fourth-order valence-corrected chi connectivity index (χ4v) is 4.32. The van der Waals surface area contributed by atoms with Crippen LogP contribution in [0.2, 0.25) is 0 Å². The molecular weight excluding hydrogens is 399 g/mol. The molecule has 0 spiro atoms. The molecule has 3 rings (SSSR count). The van der Waals surface area contributed by atoms with Gasteiger partial charge in [0.1, 0.15) is 17.3 Å². The van der Waals surface area contributed by atoms with Crippen molar-refractivity contribution in [2.24, 2.45) is 0 Å². The van der Waals surface area contributed by atoms with Gasteiger partial charge in [0, 0.05) is 36.8 Å². The van der Waals surface area contributed by atoms with Gasteiger partial charge in [-0.25, -0.2) is 17.5 Å². The number of methoxy groups -OCH3 is 2. The lowest BCUT2D eigenvalue weighted by Gasteiger charge is -2.30. The second-order valence-corrected chi connectivity index (χ2v) is 8.58. The topological polar surface area (TPSA) is 77.1 Å². The Labute approximate surface area is 170 Å². The van der Waals surface area contributed by atoms with Crippen molar-refractivity contribution in [2.45, 2.75) is 11.0 Å². The summed E-state index contributed by atoms with van der Waals surface area (Å²) in [5.41, 5.74) is 1.01. The molecule has 2 aromatic carbocycles. The average molecular weight is 424 g/mol. The molecule has 1 fully saturated rings. The van der Waals surface area contributed by atoms with Gasteiger partial charge in [-0.1, -0.05) is 0 Å². The molecule has 1 unspecified atom stereocenters. The van der Waals surface area contributed by atoms with Crippen LogP contribution in [-0.2, 0) is 14.8 Å². The highest BCUT2D eigenvalue weighted by Gasteiger charge is 2.23. The summed E-state index contributed by atoms with van der Waals surface area (Å²) < 4.78 is 58.1. The van der Waals surface area contributed by atoms with Crippen LogP contribution in [0, 0.1) is 5.82 Å². The highest BCUT2D eigenvalue weighted by molar-refractivity contribution is 7.89. The second kappa shape index (κ2) is 9.08. The van der Waals surface area contributed by atoms with E-state index in [0.717, 1.165) is 6.54 Å². The molecule has 0 aliphatic carbocycles. The zero-order valence-electron chi connectivity index (χ0n) is 16.6. The molecule has 0 saturated carbocycles. The Morgan fingerprint density at radius 3 is 2.59 bits per heavy atom. The predicted molar refractivity (Wildman–Crippen MR) is 107 cm³/mol. The first-order chi connectivity index (χ1) is 13.8. The van der Waals surface area contributed by atoms with E-state index < -0.39 is 15.8 Å². The fraction of sp³-hybridized carbons (Fsp3) is 0.400. The van der Waals surface area contributed by atoms with Crippen molar-refractivity contribution in [1.29, 1.82) is 0 Å². The maximum atomic E-state index is 13.6. The molecule has 29 heavy (non-hydrogen) atoms. The van der Waals surface area contributed by atoms with Crippen LogP contribution >= 0.6 is 0 Å². The number of halogens is 1. The van der Waals surface area contributed by atoms with E-state index >= 15 is 0 Å². The summed E-state index contributed by atoms with van der Waals surface area (Å²) >= 11 is 0. The molecule has 1 N–H and O–H groups in total. The van der Waals surface area contributed by atoms with Crippen molar-refractivity contribution in [3.8, 4) is 22.6 Å². The van der Waals surface area contributed by atoms with Gasteiger partial charge in [-0.05, 0) is 37.4 Å². The van der Waals surface area contributed by atoms with Crippen molar-refractivity contribution < 1.29 is 27.0 Å². The first-order valence-corrected chi connectivity index (χ1v) is 10.6. The third-order valence-corrected chi connectivity index (χ3v) is 6.20. The summed E-state index contributed by atoms with van der Waals surface area (Å²) in [7, 11) is 1.10. The number of sulfonamides is 1. The molecule has 9 heteroatoms. The Balaban J connectivity index is 1.89. The lowest BCUT2D eigenvalue weighted by molar-refractivity contribution is -0.0156. The van der Waals surface area contributed by atoms with Crippen LogP contribution in [0.4, 0.5) is 4.39 Å². The molecule has 0 amide bonds. The smallest absolute Gasteiger partial charge is 0.240 e. The summed E-state index contributed by atoms with van der Waals surface area (Å²) in [5.74, 6) is 0.281. The van der Waals surface area contributed by atoms with Gasteiger partial charge in [0.05, 0.1) is 31.8 Å². The van der Waals surface area contributed by atoms with E-state index in [0.29, 0.717) is 30.0 Å². The summed E-state index contributed by atoms with van der Waals surface area (Å²) in [5, 5.41) is 0. The minimum atomic E-state index is -3.78. The molecule has 1 aliphatic heterocycles. The van der Waals surface area contributed by atoms with Gasteiger partial charge >= 0.3 is 0 Å². The Bertz CT molecular complexity index is 967. The molecule has 158 valence electrons. The standard InChI is InChI=1S/C20H25FN2O5S/c1-23-8-9-28-15(13-23)12-22-29(24,25)16-5-7-19(26-2)18(11-16)17-6-4-14(21)10-20(17)27-3/h4-7,10-11,15,22H,8-9,12-13H2,1-3H3. The Kier molecular flexibility index (Phi) is 6.74. The zero-order chi connectivity index (χ0) is 21.0. The second-order valence-electron chi connectivity index (χ2n) is 6.81. The molecule has 1 aliphatic rings. The molecule has 7 nitrogen and oxygen atoms in total. The largest absolute Gasteiger partial charge is 0.496 e. The van der Waals surface area contributed by atoms with Gasteiger partial charge in [0.2, 0.25) is 10.0 Å². The van der Waals surface area contributed by atoms with Crippen molar-refractivity contribution >= 4 is 10.0 Å². The molecule has 0 aromatic heterocycles. The number of hydrogen-bond donors (Lipinski definition) is 1. The number of rotatable bonds is 7. The number of ether oxygens (including phenoxy) is 3. The number of morpholine rings is 1. The van der Waals surface area contributed by atoms with E-state index in [2.05, 4.69) is 9.62 Å². The lowest BCUT2D eigenvalue weighted by atomic mass is 10.0. The van der Waals surface area contributed by atoms with Crippen LogP contribution in [0.5, 0.6) is 11.5 Å². The molecule has 0 radical (unpaired) electrons.